The first kappa shape index (κ1) is 21.4. The molecule has 3 rings (SSSR count). The number of piperidine rings is 2. The smallest absolute Gasteiger partial charge is 0.410 e. The minimum atomic E-state index is -0.481. The highest BCUT2D eigenvalue weighted by Crippen LogP contribution is 2.23. The molecule has 160 valence electrons. The number of likely N-dealkylation sites (tertiary alicyclic amines) is 1. The molecule has 0 atom stereocenters. The molecule has 3 heterocycles. The van der Waals surface area contributed by atoms with Gasteiger partial charge in [0.15, 0.2) is 0 Å². The van der Waals surface area contributed by atoms with Gasteiger partial charge >= 0.3 is 6.09 Å². The average Bonchev–Trinajstić information content (AvgIpc) is 2.68. The Hall–Kier alpha value is -2.31. The van der Waals surface area contributed by atoms with Gasteiger partial charge < -0.3 is 19.9 Å². The summed E-state index contributed by atoms with van der Waals surface area (Å²) in [7, 11) is 0. The molecule has 0 spiro atoms. The summed E-state index contributed by atoms with van der Waals surface area (Å²) in [4.78, 5) is 33.1. The van der Waals surface area contributed by atoms with Crippen LogP contribution in [0.15, 0.2) is 18.3 Å². The fourth-order valence-electron chi connectivity index (χ4n) is 3.89. The number of rotatable bonds is 4. The molecule has 29 heavy (non-hydrogen) atoms. The first-order valence-corrected chi connectivity index (χ1v) is 10.8. The molecule has 0 radical (unpaired) electrons. The average molecular weight is 403 g/mol. The first-order chi connectivity index (χ1) is 13.8. The van der Waals surface area contributed by atoms with Crippen molar-refractivity contribution < 1.29 is 14.3 Å². The maximum absolute atomic E-state index is 12.4. The van der Waals surface area contributed by atoms with E-state index in [1.54, 1.807) is 11.1 Å². The SMILES string of the molecule is CC(C)(C)OC(=O)N1CCC(CC(=O)Nc2ccc(N3CCCCC3)nc2)CC1. The number of aromatic nitrogens is 1. The van der Waals surface area contributed by atoms with E-state index < -0.39 is 5.60 Å². The van der Waals surface area contributed by atoms with E-state index in [2.05, 4.69) is 15.2 Å². The first-order valence-electron chi connectivity index (χ1n) is 10.8. The van der Waals surface area contributed by atoms with E-state index >= 15 is 0 Å². The molecule has 7 heteroatoms. The minimum absolute atomic E-state index is 0.00763. The third kappa shape index (κ3) is 6.61. The molecule has 2 amide bonds. The zero-order valence-corrected chi connectivity index (χ0v) is 17.9. The Labute approximate surface area is 173 Å². The Morgan fingerprint density at radius 3 is 2.38 bits per heavy atom. The van der Waals surface area contributed by atoms with Crippen LogP contribution in [0.2, 0.25) is 0 Å². The van der Waals surface area contributed by atoms with Gasteiger partial charge in [-0.3, -0.25) is 4.79 Å². The van der Waals surface area contributed by atoms with Crippen molar-refractivity contribution >= 4 is 23.5 Å². The molecule has 7 nitrogen and oxygen atoms in total. The zero-order chi connectivity index (χ0) is 20.9. The Morgan fingerprint density at radius 1 is 1.10 bits per heavy atom. The monoisotopic (exact) mass is 402 g/mol. The van der Waals surface area contributed by atoms with Crippen LogP contribution in [0.4, 0.5) is 16.3 Å². The van der Waals surface area contributed by atoms with Gasteiger partial charge in [-0.1, -0.05) is 0 Å². The van der Waals surface area contributed by atoms with Crippen LogP contribution in [0.25, 0.3) is 0 Å². The lowest BCUT2D eigenvalue weighted by Crippen LogP contribution is -2.42. The predicted molar refractivity (Wildman–Crippen MR) is 114 cm³/mol. The van der Waals surface area contributed by atoms with Gasteiger partial charge in [-0.25, -0.2) is 9.78 Å². The van der Waals surface area contributed by atoms with Crippen LogP contribution in [0.5, 0.6) is 0 Å². The fraction of sp³-hybridized carbons (Fsp3) is 0.682. The Balaban J connectivity index is 1.41. The van der Waals surface area contributed by atoms with Gasteiger partial charge in [0.25, 0.3) is 0 Å². The van der Waals surface area contributed by atoms with E-state index in [0.29, 0.717) is 19.5 Å². The molecule has 1 N–H and O–H groups in total. The van der Waals surface area contributed by atoms with Gasteiger partial charge in [-0.2, -0.15) is 0 Å². The molecule has 2 aliphatic heterocycles. The van der Waals surface area contributed by atoms with Gasteiger partial charge in [0.1, 0.15) is 11.4 Å². The van der Waals surface area contributed by atoms with Gasteiger partial charge in [0.05, 0.1) is 11.9 Å². The van der Waals surface area contributed by atoms with Crippen molar-refractivity contribution in [3.8, 4) is 0 Å². The number of nitrogens with one attached hydrogen (secondary N) is 1. The van der Waals surface area contributed by atoms with Crippen molar-refractivity contribution in [2.75, 3.05) is 36.4 Å². The number of hydrogen-bond donors (Lipinski definition) is 1. The predicted octanol–water partition coefficient (Wildman–Crippen LogP) is 4.05. The lowest BCUT2D eigenvalue weighted by molar-refractivity contribution is -0.117. The topological polar surface area (TPSA) is 74.8 Å². The second-order valence-electron chi connectivity index (χ2n) is 9.12. The van der Waals surface area contributed by atoms with Crippen LogP contribution in [0, 0.1) is 5.92 Å². The molecule has 2 fully saturated rings. The Bertz CT molecular complexity index is 685. The molecule has 2 aliphatic rings. The van der Waals surface area contributed by atoms with Crippen molar-refractivity contribution in [2.45, 2.75) is 64.9 Å². The van der Waals surface area contributed by atoms with Crippen LogP contribution in [0.3, 0.4) is 0 Å². The number of amides is 2. The van der Waals surface area contributed by atoms with Crippen molar-refractivity contribution in [1.29, 1.82) is 0 Å². The normalized spacial score (nSPS) is 18.4. The van der Waals surface area contributed by atoms with E-state index in [4.69, 9.17) is 4.74 Å². The molecule has 0 unspecified atom stereocenters. The van der Waals surface area contributed by atoms with Crippen LogP contribution in [-0.4, -0.2) is 53.7 Å². The number of anilines is 2. The van der Waals surface area contributed by atoms with Crippen LogP contribution < -0.4 is 10.2 Å². The van der Waals surface area contributed by atoms with Crippen molar-refractivity contribution in [3.63, 3.8) is 0 Å². The summed E-state index contributed by atoms with van der Waals surface area (Å²) in [5.41, 5.74) is 0.257. The summed E-state index contributed by atoms with van der Waals surface area (Å²) in [6, 6.07) is 3.92. The van der Waals surface area contributed by atoms with E-state index in [0.717, 1.165) is 37.4 Å². The number of hydrogen-bond acceptors (Lipinski definition) is 5. The van der Waals surface area contributed by atoms with E-state index in [1.807, 2.05) is 32.9 Å². The van der Waals surface area contributed by atoms with Crippen molar-refractivity contribution in [2.24, 2.45) is 5.92 Å². The summed E-state index contributed by atoms with van der Waals surface area (Å²) in [5.74, 6) is 1.28. The second kappa shape index (κ2) is 9.46. The van der Waals surface area contributed by atoms with E-state index in [-0.39, 0.29) is 17.9 Å². The highest BCUT2D eigenvalue weighted by atomic mass is 16.6. The Kier molecular flexibility index (Phi) is 6.98. The van der Waals surface area contributed by atoms with Gasteiger partial charge in [-0.05, 0) is 70.9 Å². The zero-order valence-electron chi connectivity index (χ0n) is 17.9. The van der Waals surface area contributed by atoms with E-state index in [1.165, 1.54) is 19.3 Å². The molecule has 0 aliphatic carbocycles. The van der Waals surface area contributed by atoms with Crippen LogP contribution in [0.1, 0.15) is 59.3 Å². The standard InChI is InChI=1S/C22H34N4O3/c1-22(2,3)29-21(28)26-13-9-17(10-14-26)15-20(27)24-18-7-8-19(23-16-18)25-11-5-4-6-12-25/h7-8,16-17H,4-6,9-15H2,1-3H3,(H,24,27). The number of carbonyl (C=O) groups is 2. The van der Waals surface area contributed by atoms with Crippen LogP contribution in [-0.2, 0) is 9.53 Å². The van der Waals surface area contributed by atoms with Gasteiger partial charge in [0, 0.05) is 32.6 Å². The molecular weight excluding hydrogens is 368 g/mol. The molecule has 0 saturated carbocycles. The Morgan fingerprint density at radius 2 is 1.79 bits per heavy atom. The third-order valence-electron chi connectivity index (χ3n) is 5.45. The van der Waals surface area contributed by atoms with Crippen molar-refractivity contribution in [3.05, 3.63) is 18.3 Å². The molecule has 1 aromatic heterocycles. The third-order valence-corrected chi connectivity index (χ3v) is 5.45. The molecule has 0 aromatic carbocycles. The lowest BCUT2D eigenvalue weighted by atomic mass is 9.93. The quantitative estimate of drug-likeness (QED) is 0.822. The van der Waals surface area contributed by atoms with Crippen LogP contribution >= 0.6 is 0 Å². The summed E-state index contributed by atoms with van der Waals surface area (Å²) < 4.78 is 5.42. The molecular formula is C22H34N4O3. The molecule has 2 saturated heterocycles. The molecule has 1 aromatic rings. The fourth-order valence-corrected chi connectivity index (χ4v) is 3.89. The number of carbonyl (C=O) groups excluding carboxylic acids is 2. The number of ether oxygens (including phenoxy) is 1. The number of nitrogens with zero attached hydrogens (tertiary/aromatic N) is 3. The van der Waals surface area contributed by atoms with Crippen molar-refractivity contribution in [1.82, 2.24) is 9.88 Å². The maximum atomic E-state index is 12.4. The minimum Gasteiger partial charge on any atom is -0.444 e. The summed E-state index contributed by atoms with van der Waals surface area (Å²) in [6.07, 6.45) is 7.31. The highest BCUT2D eigenvalue weighted by Gasteiger charge is 2.27. The largest absolute Gasteiger partial charge is 0.444 e. The van der Waals surface area contributed by atoms with Gasteiger partial charge in [0.2, 0.25) is 5.91 Å². The van der Waals surface area contributed by atoms with E-state index in [9.17, 15) is 9.59 Å². The van der Waals surface area contributed by atoms with Gasteiger partial charge in [-0.15, -0.1) is 0 Å². The lowest BCUT2D eigenvalue weighted by Gasteiger charge is -2.33. The second-order valence-corrected chi connectivity index (χ2v) is 9.12. The summed E-state index contributed by atoms with van der Waals surface area (Å²) in [5, 5.41) is 2.96. The maximum Gasteiger partial charge on any atom is 0.410 e. The number of pyridine rings is 1. The highest BCUT2D eigenvalue weighted by molar-refractivity contribution is 5.90. The summed E-state index contributed by atoms with van der Waals surface area (Å²) >= 11 is 0. The summed E-state index contributed by atoms with van der Waals surface area (Å²) in [6.45, 7) is 9.00. The molecule has 0 bridgehead atoms.